The van der Waals surface area contributed by atoms with Gasteiger partial charge in [-0.05, 0) is 12.7 Å². The third kappa shape index (κ3) is 4.33. The minimum absolute atomic E-state index is 0.289. The van der Waals surface area contributed by atoms with Crippen molar-refractivity contribution in [2.24, 2.45) is 0 Å². The summed E-state index contributed by atoms with van der Waals surface area (Å²) in [6.45, 7) is 2.00. The molecule has 0 amide bonds. The van der Waals surface area contributed by atoms with Crippen LogP contribution in [0.4, 0.5) is 0 Å². The van der Waals surface area contributed by atoms with E-state index in [1.165, 1.54) is 0 Å². The third-order valence-electron chi connectivity index (χ3n) is 1.19. The standard InChI is InChI=1S/C6H12O2S/c1-3-5(9-2)4-6(7)8/h5H,3-4H2,1-2H3,(H,7,8)/t5-/m0/s1. The van der Waals surface area contributed by atoms with Gasteiger partial charge in [0.25, 0.3) is 0 Å². The number of carboxylic acid groups (broad SMARTS) is 1. The van der Waals surface area contributed by atoms with Crippen LogP contribution in [0.2, 0.25) is 0 Å². The molecule has 0 aliphatic rings. The summed E-state index contributed by atoms with van der Waals surface area (Å²) in [5.74, 6) is -0.698. The zero-order chi connectivity index (χ0) is 7.28. The Morgan fingerprint density at radius 3 is 2.44 bits per heavy atom. The van der Waals surface area contributed by atoms with Crippen LogP contribution in [0, 0.1) is 0 Å². The van der Waals surface area contributed by atoms with Gasteiger partial charge in [-0.3, -0.25) is 4.79 Å². The van der Waals surface area contributed by atoms with Gasteiger partial charge in [-0.1, -0.05) is 6.92 Å². The lowest BCUT2D eigenvalue weighted by molar-refractivity contribution is -0.136. The van der Waals surface area contributed by atoms with E-state index >= 15 is 0 Å². The van der Waals surface area contributed by atoms with E-state index in [0.717, 1.165) is 6.42 Å². The molecule has 0 rings (SSSR count). The smallest absolute Gasteiger partial charge is 0.304 e. The minimum atomic E-state index is -0.698. The molecule has 0 aromatic carbocycles. The van der Waals surface area contributed by atoms with E-state index in [-0.39, 0.29) is 6.42 Å². The van der Waals surface area contributed by atoms with Gasteiger partial charge in [0.1, 0.15) is 0 Å². The Morgan fingerprint density at radius 1 is 1.78 bits per heavy atom. The topological polar surface area (TPSA) is 37.3 Å². The van der Waals surface area contributed by atoms with Gasteiger partial charge in [0.2, 0.25) is 0 Å². The number of carbonyl (C=O) groups is 1. The van der Waals surface area contributed by atoms with Gasteiger partial charge in [-0.2, -0.15) is 11.8 Å². The predicted octanol–water partition coefficient (Wildman–Crippen LogP) is 1.60. The van der Waals surface area contributed by atoms with Gasteiger partial charge in [-0.25, -0.2) is 0 Å². The maximum atomic E-state index is 10.1. The zero-order valence-electron chi connectivity index (χ0n) is 5.76. The summed E-state index contributed by atoms with van der Waals surface area (Å²) in [5, 5.41) is 8.63. The Morgan fingerprint density at radius 2 is 2.33 bits per heavy atom. The highest BCUT2D eigenvalue weighted by Crippen LogP contribution is 2.13. The minimum Gasteiger partial charge on any atom is -0.481 e. The van der Waals surface area contributed by atoms with Crippen LogP contribution in [0.5, 0.6) is 0 Å². The van der Waals surface area contributed by atoms with Gasteiger partial charge >= 0.3 is 5.97 Å². The van der Waals surface area contributed by atoms with Crippen LogP contribution in [0.3, 0.4) is 0 Å². The van der Waals surface area contributed by atoms with Crippen LogP contribution in [-0.4, -0.2) is 22.6 Å². The van der Waals surface area contributed by atoms with Crippen molar-refractivity contribution in [3.8, 4) is 0 Å². The van der Waals surface area contributed by atoms with Gasteiger partial charge in [0, 0.05) is 5.25 Å². The van der Waals surface area contributed by atoms with Crippen LogP contribution in [-0.2, 0) is 4.79 Å². The summed E-state index contributed by atoms with van der Waals surface area (Å²) < 4.78 is 0. The van der Waals surface area contributed by atoms with Crippen molar-refractivity contribution in [1.29, 1.82) is 0 Å². The summed E-state index contributed by atoms with van der Waals surface area (Å²) >= 11 is 1.62. The van der Waals surface area contributed by atoms with E-state index in [2.05, 4.69) is 0 Å². The number of rotatable bonds is 4. The summed E-state index contributed by atoms with van der Waals surface area (Å²) in [6.07, 6.45) is 3.17. The molecule has 0 fully saturated rings. The molecule has 0 aliphatic heterocycles. The Hall–Kier alpha value is -0.180. The number of aliphatic carboxylic acids is 1. The summed E-state index contributed by atoms with van der Waals surface area (Å²) in [6, 6.07) is 0. The summed E-state index contributed by atoms with van der Waals surface area (Å²) in [4.78, 5) is 10.1. The predicted molar refractivity (Wildman–Crippen MR) is 39.8 cm³/mol. The van der Waals surface area contributed by atoms with Crippen molar-refractivity contribution in [3.05, 3.63) is 0 Å². The van der Waals surface area contributed by atoms with Gasteiger partial charge in [-0.15, -0.1) is 0 Å². The molecule has 0 radical (unpaired) electrons. The van der Waals surface area contributed by atoms with Crippen LogP contribution in [0.1, 0.15) is 19.8 Å². The van der Waals surface area contributed by atoms with E-state index in [1.54, 1.807) is 11.8 Å². The first-order valence-electron chi connectivity index (χ1n) is 2.95. The molecular formula is C6H12O2S. The highest BCUT2D eigenvalue weighted by molar-refractivity contribution is 7.99. The molecule has 1 atom stereocenters. The second kappa shape index (κ2) is 4.68. The molecule has 0 aromatic heterocycles. The molecule has 3 heteroatoms. The number of hydrogen-bond acceptors (Lipinski definition) is 2. The molecule has 0 heterocycles. The molecule has 0 saturated heterocycles. The van der Waals surface area contributed by atoms with Crippen LogP contribution in [0.25, 0.3) is 0 Å². The normalized spacial score (nSPS) is 13.1. The fourth-order valence-electron chi connectivity index (χ4n) is 0.589. The third-order valence-corrected chi connectivity index (χ3v) is 2.36. The average Bonchev–Trinajstić information content (AvgIpc) is 1.82. The highest BCUT2D eigenvalue weighted by atomic mass is 32.2. The molecule has 9 heavy (non-hydrogen) atoms. The van der Waals surface area contributed by atoms with Crippen molar-refractivity contribution in [2.45, 2.75) is 25.0 Å². The maximum absolute atomic E-state index is 10.1. The second-order valence-electron chi connectivity index (χ2n) is 1.86. The Kier molecular flexibility index (Phi) is 4.58. The quantitative estimate of drug-likeness (QED) is 0.658. The average molecular weight is 148 g/mol. The highest BCUT2D eigenvalue weighted by Gasteiger charge is 2.07. The van der Waals surface area contributed by atoms with Gasteiger partial charge in [0.15, 0.2) is 0 Å². The van der Waals surface area contributed by atoms with E-state index in [1.807, 2.05) is 13.2 Å². The lowest BCUT2D eigenvalue weighted by Crippen LogP contribution is -2.07. The van der Waals surface area contributed by atoms with E-state index in [9.17, 15) is 4.79 Å². The number of hydrogen-bond donors (Lipinski definition) is 1. The van der Waals surface area contributed by atoms with Crippen molar-refractivity contribution < 1.29 is 9.90 Å². The number of carboxylic acids is 1. The Labute approximate surface area is 59.6 Å². The van der Waals surface area contributed by atoms with Crippen molar-refractivity contribution >= 4 is 17.7 Å². The Balaban J connectivity index is 3.43. The van der Waals surface area contributed by atoms with E-state index < -0.39 is 5.97 Å². The molecule has 2 nitrogen and oxygen atoms in total. The first kappa shape index (κ1) is 8.82. The molecular weight excluding hydrogens is 136 g/mol. The first-order valence-corrected chi connectivity index (χ1v) is 4.24. The molecule has 0 aliphatic carbocycles. The summed E-state index contributed by atoms with van der Waals surface area (Å²) in [5.41, 5.74) is 0. The molecule has 0 bridgehead atoms. The fourth-order valence-corrected chi connectivity index (χ4v) is 1.23. The fraction of sp³-hybridized carbons (Fsp3) is 0.833. The van der Waals surface area contributed by atoms with E-state index in [0.29, 0.717) is 5.25 Å². The zero-order valence-corrected chi connectivity index (χ0v) is 6.57. The molecule has 54 valence electrons. The largest absolute Gasteiger partial charge is 0.481 e. The molecule has 0 spiro atoms. The van der Waals surface area contributed by atoms with Crippen LogP contribution in [0.15, 0.2) is 0 Å². The maximum Gasteiger partial charge on any atom is 0.304 e. The van der Waals surface area contributed by atoms with Gasteiger partial charge < -0.3 is 5.11 Å². The van der Waals surface area contributed by atoms with Crippen molar-refractivity contribution in [2.75, 3.05) is 6.26 Å². The molecule has 0 unspecified atom stereocenters. The van der Waals surface area contributed by atoms with Crippen LogP contribution >= 0.6 is 11.8 Å². The summed E-state index contributed by atoms with van der Waals surface area (Å²) in [7, 11) is 0. The lowest BCUT2D eigenvalue weighted by Gasteiger charge is -2.06. The lowest BCUT2D eigenvalue weighted by atomic mass is 10.2. The van der Waals surface area contributed by atoms with Gasteiger partial charge in [0.05, 0.1) is 6.42 Å². The van der Waals surface area contributed by atoms with Crippen LogP contribution < -0.4 is 0 Å². The van der Waals surface area contributed by atoms with E-state index in [4.69, 9.17) is 5.11 Å². The SMILES string of the molecule is CC[C@@H](CC(=O)O)SC. The molecule has 0 saturated carbocycles. The monoisotopic (exact) mass is 148 g/mol. The molecule has 1 N–H and O–H groups in total. The second-order valence-corrected chi connectivity index (χ2v) is 3.00. The van der Waals surface area contributed by atoms with Crippen molar-refractivity contribution in [3.63, 3.8) is 0 Å². The van der Waals surface area contributed by atoms with Crippen molar-refractivity contribution in [1.82, 2.24) is 0 Å². The number of thioether (sulfide) groups is 1. The molecule has 0 aromatic rings. The first-order chi connectivity index (χ1) is 4.20. The Bertz CT molecular complexity index is 89.1.